The molecular formula is C23H25N. The minimum Gasteiger partial charge on any atom is -0.313 e. The topological polar surface area (TPSA) is 4.93 Å². The largest absolute Gasteiger partial charge is 0.313 e. The molecule has 1 heterocycles. The normalized spacial score (nSPS) is 16.1. The molecule has 0 bridgehead atoms. The first-order valence-electron chi connectivity index (χ1n) is 8.58. The minimum absolute atomic E-state index is 0.399. The molecule has 0 saturated heterocycles. The zero-order valence-corrected chi connectivity index (χ0v) is 14.8. The third-order valence-corrected chi connectivity index (χ3v) is 4.80. The Bertz CT molecular complexity index is 884. The highest BCUT2D eigenvalue weighted by Gasteiger charge is 2.14. The molecule has 0 fully saturated rings. The first-order valence-corrected chi connectivity index (χ1v) is 8.58. The van der Waals surface area contributed by atoms with Gasteiger partial charge in [-0.05, 0) is 44.4 Å². The van der Waals surface area contributed by atoms with Gasteiger partial charge in [0.2, 0.25) is 0 Å². The maximum Gasteiger partial charge on any atom is 0.0537 e. The zero-order valence-electron chi connectivity index (χ0n) is 14.8. The van der Waals surface area contributed by atoms with Crippen molar-refractivity contribution in [3.8, 4) is 0 Å². The first-order chi connectivity index (χ1) is 11.6. The van der Waals surface area contributed by atoms with E-state index in [0.717, 1.165) is 6.42 Å². The monoisotopic (exact) mass is 315 g/mol. The maximum atomic E-state index is 3.88. The molecule has 1 nitrogen and oxygen atoms in total. The lowest BCUT2D eigenvalue weighted by atomic mass is 10.0. The average Bonchev–Trinajstić information content (AvgIpc) is 2.74. The van der Waals surface area contributed by atoms with E-state index in [0.29, 0.717) is 5.92 Å². The minimum atomic E-state index is 0.399. The molecule has 0 N–H and O–H groups in total. The van der Waals surface area contributed by atoms with Crippen LogP contribution in [0.4, 0.5) is 0 Å². The molecule has 2 aromatic rings. The van der Waals surface area contributed by atoms with Crippen LogP contribution in [0.15, 0.2) is 66.8 Å². The van der Waals surface area contributed by atoms with Crippen LogP contribution in [-0.2, 0) is 0 Å². The standard InChI is InChI=1S/C23H25N/c1-5-17(2)18(3)15-16-19(4)24-22-13-8-6-7-11-20(22)21-12-9-10-14-23(21)24/h5,7-17H,1,6H2,2-4H3/b18-15+,19-16+. The molecule has 0 amide bonds. The lowest BCUT2D eigenvalue weighted by molar-refractivity contribution is 0.865. The Morgan fingerprint density at radius 3 is 2.67 bits per heavy atom. The van der Waals surface area contributed by atoms with Gasteiger partial charge in [0.15, 0.2) is 0 Å². The van der Waals surface area contributed by atoms with E-state index in [2.05, 4.69) is 92.6 Å². The second kappa shape index (κ2) is 6.92. The first kappa shape index (κ1) is 16.3. The van der Waals surface area contributed by atoms with Gasteiger partial charge in [0.25, 0.3) is 0 Å². The summed E-state index contributed by atoms with van der Waals surface area (Å²) in [6.45, 7) is 10.4. The Kier molecular flexibility index (Phi) is 4.71. The van der Waals surface area contributed by atoms with Crippen LogP contribution in [0.5, 0.6) is 0 Å². The molecule has 1 unspecified atom stereocenters. The third-order valence-electron chi connectivity index (χ3n) is 4.80. The van der Waals surface area contributed by atoms with Gasteiger partial charge in [-0.3, -0.25) is 0 Å². The Morgan fingerprint density at radius 1 is 1.12 bits per heavy atom. The lowest BCUT2D eigenvalue weighted by Crippen LogP contribution is -1.97. The third kappa shape index (κ3) is 2.94. The van der Waals surface area contributed by atoms with E-state index in [1.54, 1.807) is 0 Å². The van der Waals surface area contributed by atoms with Crippen LogP contribution in [-0.4, -0.2) is 4.57 Å². The van der Waals surface area contributed by atoms with Crippen molar-refractivity contribution in [1.82, 2.24) is 4.57 Å². The molecule has 0 saturated carbocycles. The highest BCUT2D eigenvalue weighted by molar-refractivity contribution is 5.96. The number of fused-ring (bicyclic) bond motifs is 3. The number of allylic oxidation sites excluding steroid dienone is 7. The molecule has 24 heavy (non-hydrogen) atoms. The second-order valence-electron chi connectivity index (χ2n) is 6.44. The number of hydrogen-bond acceptors (Lipinski definition) is 0. The fourth-order valence-corrected chi connectivity index (χ4v) is 3.11. The van der Waals surface area contributed by atoms with Gasteiger partial charge in [-0.15, -0.1) is 6.58 Å². The summed E-state index contributed by atoms with van der Waals surface area (Å²) in [5.41, 5.74) is 6.38. The van der Waals surface area contributed by atoms with Gasteiger partial charge in [0.1, 0.15) is 0 Å². The van der Waals surface area contributed by atoms with Crippen molar-refractivity contribution in [3.63, 3.8) is 0 Å². The Morgan fingerprint density at radius 2 is 1.88 bits per heavy atom. The Labute approximate surface area is 145 Å². The molecule has 1 heteroatoms. The summed E-state index contributed by atoms with van der Waals surface area (Å²) < 4.78 is 2.36. The smallest absolute Gasteiger partial charge is 0.0537 e. The highest BCUT2D eigenvalue weighted by atomic mass is 15.0. The van der Waals surface area contributed by atoms with E-state index < -0.39 is 0 Å². The summed E-state index contributed by atoms with van der Waals surface area (Å²) in [5.74, 6) is 0.399. The average molecular weight is 315 g/mol. The number of hydrogen-bond donors (Lipinski definition) is 0. The summed E-state index contributed by atoms with van der Waals surface area (Å²) >= 11 is 0. The van der Waals surface area contributed by atoms with Crippen molar-refractivity contribution in [1.29, 1.82) is 0 Å². The number of para-hydroxylation sites is 1. The van der Waals surface area contributed by atoms with Crippen molar-refractivity contribution in [3.05, 3.63) is 78.1 Å². The number of aromatic nitrogens is 1. The van der Waals surface area contributed by atoms with Crippen molar-refractivity contribution in [2.45, 2.75) is 27.2 Å². The molecular weight excluding hydrogens is 290 g/mol. The summed E-state index contributed by atoms with van der Waals surface area (Å²) in [7, 11) is 0. The zero-order chi connectivity index (χ0) is 17.1. The molecule has 122 valence electrons. The van der Waals surface area contributed by atoms with Crippen LogP contribution in [0, 0.1) is 5.92 Å². The molecule has 1 atom stereocenters. The number of benzene rings is 1. The molecule has 3 rings (SSSR count). The summed E-state index contributed by atoms with van der Waals surface area (Å²) in [6.07, 6.45) is 16.3. The van der Waals surface area contributed by atoms with E-state index in [1.807, 2.05) is 6.08 Å². The number of rotatable bonds is 4. The van der Waals surface area contributed by atoms with Crippen LogP contribution in [0.1, 0.15) is 38.4 Å². The van der Waals surface area contributed by atoms with E-state index in [1.165, 1.54) is 33.4 Å². The van der Waals surface area contributed by atoms with Crippen LogP contribution >= 0.6 is 0 Å². The Hall–Kier alpha value is -2.54. The van der Waals surface area contributed by atoms with Gasteiger partial charge in [0, 0.05) is 16.6 Å². The molecule has 0 spiro atoms. The summed E-state index contributed by atoms with van der Waals surface area (Å²) in [4.78, 5) is 0. The SMILES string of the molecule is C=CC(C)/C(C)=C/C=C(\C)n1c2c(c3ccccc31)C=CCC=C2. The fraction of sp³-hybridized carbons (Fsp3) is 0.217. The molecule has 1 aliphatic carbocycles. The van der Waals surface area contributed by atoms with Gasteiger partial charge < -0.3 is 4.57 Å². The molecule has 0 radical (unpaired) electrons. The highest BCUT2D eigenvalue weighted by Crippen LogP contribution is 2.32. The van der Waals surface area contributed by atoms with Gasteiger partial charge >= 0.3 is 0 Å². The van der Waals surface area contributed by atoms with Crippen molar-refractivity contribution in [2.24, 2.45) is 5.92 Å². The summed E-state index contributed by atoms with van der Waals surface area (Å²) in [5, 5.41) is 1.31. The fourth-order valence-electron chi connectivity index (χ4n) is 3.11. The van der Waals surface area contributed by atoms with Crippen LogP contribution in [0.2, 0.25) is 0 Å². The quantitative estimate of drug-likeness (QED) is 0.437. The molecule has 1 aliphatic rings. The molecule has 1 aromatic carbocycles. The predicted octanol–water partition coefficient (Wildman–Crippen LogP) is 6.70. The van der Waals surface area contributed by atoms with Crippen molar-refractivity contribution >= 4 is 28.8 Å². The van der Waals surface area contributed by atoms with E-state index >= 15 is 0 Å². The van der Waals surface area contributed by atoms with Gasteiger partial charge in [0.05, 0.1) is 11.2 Å². The van der Waals surface area contributed by atoms with Crippen LogP contribution < -0.4 is 0 Å². The lowest BCUT2D eigenvalue weighted by Gasteiger charge is -2.10. The van der Waals surface area contributed by atoms with E-state index in [9.17, 15) is 0 Å². The van der Waals surface area contributed by atoms with Crippen LogP contribution in [0.3, 0.4) is 0 Å². The summed E-state index contributed by atoms with van der Waals surface area (Å²) in [6, 6.07) is 8.64. The van der Waals surface area contributed by atoms with Crippen molar-refractivity contribution in [2.75, 3.05) is 0 Å². The van der Waals surface area contributed by atoms with E-state index in [4.69, 9.17) is 0 Å². The van der Waals surface area contributed by atoms with Gasteiger partial charge in [-0.2, -0.15) is 0 Å². The van der Waals surface area contributed by atoms with E-state index in [-0.39, 0.29) is 0 Å². The number of nitrogens with zero attached hydrogens (tertiary/aromatic N) is 1. The Balaban J connectivity index is 2.18. The van der Waals surface area contributed by atoms with Crippen molar-refractivity contribution < 1.29 is 0 Å². The molecule has 1 aromatic heterocycles. The molecule has 0 aliphatic heterocycles. The van der Waals surface area contributed by atoms with Gasteiger partial charge in [-0.1, -0.05) is 61.1 Å². The maximum absolute atomic E-state index is 3.88. The van der Waals surface area contributed by atoms with Gasteiger partial charge in [-0.25, -0.2) is 0 Å². The predicted molar refractivity (Wildman–Crippen MR) is 108 cm³/mol. The van der Waals surface area contributed by atoms with Crippen LogP contribution in [0.25, 0.3) is 28.8 Å². The second-order valence-corrected chi connectivity index (χ2v) is 6.44.